The van der Waals surface area contributed by atoms with Gasteiger partial charge in [0.1, 0.15) is 29.7 Å². The van der Waals surface area contributed by atoms with E-state index in [0.717, 1.165) is 5.56 Å². The molecule has 0 aromatic heterocycles. The number of carbonyl (C=O) groups excluding carboxylic acids is 3. The van der Waals surface area contributed by atoms with E-state index in [1.807, 2.05) is 6.07 Å². The van der Waals surface area contributed by atoms with Gasteiger partial charge in [-0.15, -0.1) is 0 Å². The standard InChI is InChI=1S/C30H30Cl2N2O7/c1-30(2,3)41-29(37)34-24(28(36)38-4)15-17-6-12-25-23(14-17)33-27(35)26(40-25)19-7-9-20(10-8-19)39-16-18-5-11-21(31)22(32)13-18/h5-14,24,26H,15-16H2,1-4H3,(H,33,35)(H,34,37). The maximum atomic E-state index is 12.9. The summed E-state index contributed by atoms with van der Waals surface area (Å²) in [5.41, 5.74) is 1.90. The molecule has 3 aromatic rings. The van der Waals surface area contributed by atoms with E-state index in [4.69, 9.17) is 42.1 Å². The lowest BCUT2D eigenvalue weighted by Crippen LogP contribution is -2.45. The van der Waals surface area contributed by atoms with Crippen LogP contribution in [0.5, 0.6) is 11.5 Å². The molecule has 2 N–H and O–H groups in total. The Hall–Kier alpha value is -3.95. The first-order valence-electron chi connectivity index (χ1n) is 12.8. The fraction of sp³-hybridized carbons (Fsp3) is 0.300. The van der Waals surface area contributed by atoms with Crippen molar-refractivity contribution in [1.29, 1.82) is 0 Å². The first kappa shape index (κ1) is 30.0. The number of hydrogen-bond acceptors (Lipinski definition) is 7. The van der Waals surface area contributed by atoms with Crippen LogP contribution >= 0.6 is 23.2 Å². The molecule has 11 heteroatoms. The number of carbonyl (C=O) groups is 3. The predicted molar refractivity (Wildman–Crippen MR) is 155 cm³/mol. The molecule has 2 amide bonds. The van der Waals surface area contributed by atoms with Crippen molar-refractivity contribution in [2.75, 3.05) is 12.4 Å². The van der Waals surface area contributed by atoms with E-state index >= 15 is 0 Å². The zero-order chi connectivity index (χ0) is 29.7. The molecular weight excluding hydrogens is 571 g/mol. The van der Waals surface area contributed by atoms with Crippen molar-refractivity contribution in [1.82, 2.24) is 5.32 Å². The van der Waals surface area contributed by atoms with Gasteiger partial charge in [0.25, 0.3) is 5.91 Å². The zero-order valence-electron chi connectivity index (χ0n) is 23.0. The number of rotatable bonds is 8. The first-order valence-corrected chi connectivity index (χ1v) is 13.5. The number of hydrogen-bond donors (Lipinski definition) is 2. The van der Waals surface area contributed by atoms with Gasteiger partial charge in [0.05, 0.1) is 22.8 Å². The van der Waals surface area contributed by atoms with Gasteiger partial charge in [-0.2, -0.15) is 0 Å². The van der Waals surface area contributed by atoms with Crippen LogP contribution in [0.2, 0.25) is 10.0 Å². The summed E-state index contributed by atoms with van der Waals surface area (Å²) in [6.07, 6.45) is -1.49. The van der Waals surface area contributed by atoms with Crippen LogP contribution < -0.4 is 20.1 Å². The normalized spacial score (nSPS) is 15.1. The molecule has 0 saturated heterocycles. The summed E-state index contributed by atoms with van der Waals surface area (Å²) < 4.78 is 21.9. The molecule has 0 radical (unpaired) electrons. The van der Waals surface area contributed by atoms with Crippen LogP contribution in [0.3, 0.4) is 0 Å². The molecule has 0 fully saturated rings. The Morgan fingerprint density at radius 2 is 1.71 bits per heavy atom. The van der Waals surface area contributed by atoms with Crippen molar-refractivity contribution >= 4 is 46.9 Å². The van der Waals surface area contributed by atoms with Gasteiger partial charge >= 0.3 is 12.1 Å². The fourth-order valence-corrected chi connectivity index (χ4v) is 4.38. The molecule has 0 spiro atoms. The van der Waals surface area contributed by atoms with Gasteiger partial charge in [0.2, 0.25) is 6.10 Å². The Bertz CT molecular complexity index is 1440. The lowest BCUT2D eigenvalue weighted by atomic mass is 10.0. The van der Waals surface area contributed by atoms with E-state index in [1.54, 1.807) is 75.4 Å². The largest absolute Gasteiger partial charge is 0.489 e. The minimum Gasteiger partial charge on any atom is -0.489 e. The number of methoxy groups -OCH3 is 1. The average Bonchev–Trinajstić information content (AvgIpc) is 2.92. The molecule has 2 atom stereocenters. The second-order valence-electron chi connectivity index (χ2n) is 10.3. The highest BCUT2D eigenvalue weighted by molar-refractivity contribution is 6.42. The summed E-state index contributed by atoms with van der Waals surface area (Å²) in [5, 5.41) is 6.33. The number of nitrogens with one attached hydrogen (secondary N) is 2. The smallest absolute Gasteiger partial charge is 0.408 e. The highest BCUT2D eigenvalue weighted by atomic mass is 35.5. The van der Waals surface area contributed by atoms with Gasteiger partial charge in [-0.1, -0.05) is 47.5 Å². The molecule has 1 aliphatic heterocycles. The molecule has 0 bridgehead atoms. The number of anilines is 1. The van der Waals surface area contributed by atoms with E-state index in [9.17, 15) is 14.4 Å². The second kappa shape index (κ2) is 12.7. The minimum atomic E-state index is -0.988. The molecule has 2 unspecified atom stereocenters. The third-order valence-electron chi connectivity index (χ3n) is 5.97. The monoisotopic (exact) mass is 600 g/mol. The van der Waals surface area contributed by atoms with Crippen molar-refractivity contribution in [3.63, 3.8) is 0 Å². The number of halogens is 2. The maximum Gasteiger partial charge on any atom is 0.408 e. The lowest BCUT2D eigenvalue weighted by molar-refractivity contribution is -0.143. The van der Waals surface area contributed by atoms with E-state index < -0.39 is 29.8 Å². The van der Waals surface area contributed by atoms with Crippen LogP contribution in [0.25, 0.3) is 0 Å². The number of fused-ring (bicyclic) bond motifs is 1. The van der Waals surface area contributed by atoms with Gasteiger partial charge in [-0.25, -0.2) is 9.59 Å². The van der Waals surface area contributed by atoms with Crippen LogP contribution in [0.4, 0.5) is 10.5 Å². The maximum absolute atomic E-state index is 12.9. The topological polar surface area (TPSA) is 112 Å². The summed E-state index contributed by atoms with van der Waals surface area (Å²) in [5.74, 6) is 0.100. The molecular formula is C30H30Cl2N2O7. The predicted octanol–water partition coefficient (Wildman–Crippen LogP) is 6.25. The van der Waals surface area contributed by atoms with Crippen LogP contribution in [0.1, 0.15) is 43.6 Å². The molecule has 4 rings (SSSR count). The quantitative estimate of drug-likeness (QED) is 0.294. The number of amides is 2. The molecule has 216 valence electrons. The van der Waals surface area contributed by atoms with Gasteiger partial charge in [-0.3, -0.25) is 4.79 Å². The molecule has 41 heavy (non-hydrogen) atoms. The van der Waals surface area contributed by atoms with Crippen LogP contribution in [-0.2, 0) is 32.1 Å². The third-order valence-corrected chi connectivity index (χ3v) is 6.71. The Morgan fingerprint density at radius 3 is 2.37 bits per heavy atom. The molecule has 1 heterocycles. The third kappa shape index (κ3) is 8.05. The number of benzene rings is 3. The van der Waals surface area contributed by atoms with Gasteiger partial charge < -0.3 is 29.6 Å². The van der Waals surface area contributed by atoms with Crippen molar-refractivity contribution in [3.8, 4) is 11.5 Å². The number of ether oxygens (including phenoxy) is 4. The van der Waals surface area contributed by atoms with Crippen LogP contribution in [0, 0.1) is 0 Å². The first-order chi connectivity index (χ1) is 19.4. The highest BCUT2D eigenvalue weighted by Gasteiger charge is 2.30. The van der Waals surface area contributed by atoms with Crippen molar-refractivity contribution in [2.45, 2.75) is 51.5 Å². The van der Waals surface area contributed by atoms with E-state index in [2.05, 4.69) is 10.6 Å². The summed E-state index contributed by atoms with van der Waals surface area (Å²) in [7, 11) is 1.24. The lowest BCUT2D eigenvalue weighted by Gasteiger charge is -2.27. The van der Waals surface area contributed by atoms with Crippen LogP contribution in [0.15, 0.2) is 60.7 Å². The minimum absolute atomic E-state index is 0.113. The van der Waals surface area contributed by atoms with E-state index in [0.29, 0.717) is 45.0 Å². The fourth-order valence-electron chi connectivity index (χ4n) is 4.06. The highest BCUT2D eigenvalue weighted by Crippen LogP contribution is 2.36. The Labute approximate surface area is 248 Å². The Balaban J connectivity index is 1.40. The van der Waals surface area contributed by atoms with Crippen molar-refractivity contribution in [2.24, 2.45) is 0 Å². The van der Waals surface area contributed by atoms with Crippen LogP contribution in [-0.4, -0.2) is 36.7 Å². The van der Waals surface area contributed by atoms with Crippen molar-refractivity contribution in [3.05, 3.63) is 87.4 Å². The summed E-state index contributed by atoms with van der Waals surface area (Å²) in [4.78, 5) is 37.5. The van der Waals surface area contributed by atoms with Gasteiger partial charge in [-0.05, 0) is 68.3 Å². The number of esters is 1. The summed E-state index contributed by atoms with van der Waals surface area (Å²) in [6, 6.07) is 16.5. The molecule has 0 saturated carbocycles. The van der Waals surface area contributed by atoms with Crippen molar-refractivity contribution < 1.29 is 33.3 Å². The molecule has 0 aliphatic carbocycles. The SMILES string of the molecule is COC(=O)C(Cc1ccc2c(c1)NC(=O)C(c1ccc(OCc3ccc(Cl)c(Cl)c3)cc1)O2)NC(=O)OC(C)(C)C. The Morgan fingerprint density at radius 1 is 1.00 bits per heavy atom. The number of alkyl carbamates (subject to hydrolysis) is 1. The second-order valence-corrected chi connectivity index (χ2v) is 11.2. The van der Waals surface area contributed by atoms with E-state index in [1.165, 1.54) is 7.11 Å². The summed E-state index contributed by atoms with van der Waals surface area (Å²) >= 11 is 12.0. The molecule has 3 aromatic carbocycles. The molecule has 9 nitrogen and oxygen atoms in total. The average molecular weight is 601 g/mol. The molecule has 1 aliphatic rings. The summed E-state index contributed by atoms with van der Waals surface area (Å²) in [6.45, 7) is 5.47. The van der Waals surface area contributed by atoms with Gasteiger partial charge in [0.15, 0.2) is 0 Å². The zero-order valence-corrected chi connectivity index (χ0v) is 24.5. The van der Waals surface area contributed by atoms with Gasteiger partial charge in [0, 0.05) is 12.0 Å². The van der Waals surface area contributed by atoms with E-state index in [-0.39, 0.29) is 12.3 Å². The Kier molecular flexibility index (Phi) is 9.30.